The Labute approximate surface area is 197 Å². The van der Waals surface area contributed by atoms with Crippen molar-refractivity contribution in [2.75, 3.05) is 13.2 Å². The molecule has 2 aromatic rings. The Hall–Kier alpha value is -2.53. The smallest absolute Gasteiger partial charge is 0.261 e. The molecule has 2 amide bonds. The van der Waals surface area contributed by atoms with Gasteiger partial charge >= 0.3 is 0 Å². The second kappa shape index (κ2) is 12.5. The number of halogens is 1. The zero-order chi connectivity index (χ0) is 23.7. The number of carbonyl (C=O) groups excluding carboxylic acids is 2. The van der Waals surface area contributed by atoms with E-state index in [1.54, 1.807) is 11.0 Å². The predicted molar refractivity (Wildman–Crippen MR) is 130 cm³/mol. The number of benzene rings is 2. The molecule has 0 saturated heterocycles. The minimum absolute atomic E-state index is 0.151. The van der Waals surface area contributed by atoms with E-state index in [1.165, 1.54) is 0 Å². The lowest BCUT2D eigenvalue weighted by atomic mass is 10.0. The van der Waals surface area contributed by atoms with Crippen LogP contribution >= 0.6 is 11.6 Å². The quantitative estimate of drug-likeness (QED) is 0.489. The maximum absolute atomic E-state index is 13.3. The van der Waals surface area contributed by atoms with E-state index in [2.05, 4.69) is 19.2 Å². The van der Waals surface area contributed by atoms with Crippen molar-refractivity contribution < 1.29 is 14.3 Å². The molecule has 0 spiro atoms. The number of para-hydroxylation sites is 1. The Balaban J connectivity index is 2.25. The number of nitrogens with one attached hydrogen (secondary N) is 1. The van der Waals surface area contributed by atoms with Gasteiger partial charge in [0.15, 0.2) is 6.61 Å². The molecule has 0 radical (unpaired) electrons. The molecule has 6 heteroatoms. The minimum atomic E-state index is -0.610. The van der Waals surface area contributed by atoms with Crippen LogP contribution in [-0.4, -0.2) is 35.9 Å². The highest BCUT2D eigenvalue weighted by Gasteiger charge is 2.29. The van der Waals surface area contributed by atoms with Gasteiger partial charge in [0, 0.05) is 18.1 Å². The average molecular weight is 459 g/mol. The Kier molecular flexibility index (Phi) is 10.0. The highest BCUT2D eigenvalue weighted by atomic mass is 35.5. The molecule has 2 aromatic carbocycles. The molecule has 0 aromatic heterocycles. The number of hydrogen-bond acceptors (Lipinski definition) is 3. The first-order valence-corrected chi connectivity index (χ1v) is 11.6. The van der Waals surface area contributed by atoms with Crippen molar-refractivity contribution in [1.29, 1.82) is 0 Å². The second-order valence-electron chi connectivity index (χ2n) is 8.66. The van der Waals surface area contributed by atoms with E-state index < -0.39 is 6.04 Å². The van der Waals surface area contributed by atoms with E-state index in [0.29, 0.717) is 29.7 Å². The lowest BCUT2D eigenvalue weighted by Gasteiger charge is -2.31. The van der Waals surface area contributed by atoms with E-state index in [0.717, 1.165) is 11.1 Å². The summed E-state index contributed by atoms with van der Waals surface area (Å²) < 4.78 is 5.93. The van der Waals surface area contributed by atoms with Crippen molar-refractivity contribution in [3.8, 4) is 5.75 Å². The maximum atomic E-state index is 13.3. The highest BCUT2D eigenvalue weighted by Crippen LogP contribution is 2.26. The normalized spacial score (nSPS) is 12.0. The molecule has 0 aliphatic rings. The van der Waals surface area contributed by atoms with E-state index in [4.69, 9.17) is 16.3 Å². The Morgan fingerprint density at radius 1 is 1.03 bits per heavy atom. The van der Waals surface area contributed by atoms with Gasteiger partial charge in [-0.2, -0.15) is 0 Å². The molecule has 1 atom stereocenters. The van der Waals surface area contributed by atoms with Gasteiger partial charge in [-0.15, -0.1) is 0 Å². The Bertz CT molecular complexity index is 898. The van der Waals surface area contributed by atoms with E-state index in [1.807, 2.05) is 63.2 Å². The van der Waals surface area contributed by atoms with Crippen molar-refractivity contribution >= 4 is 23.4 Å². The fourth-order valence-corrected chi connectivity index (χ4v) is 3.66. The monoisotopic (exact) mass is 458 g/mol. The summed E-state index contributed by atoms with van der Waals surface area (Å²) in [4.78, 5) is 27.9. The van der Waals surface area contributed by atoms with Crippen LogP contribution in [0.3, 0.4) is 0 Å². The summed E-state index contributed by atoms with van der Waals surface area (Å²) in [5.74, 6) is 0.857. The molecule has 0 saturated carbocycles. The number of ether oxygens (including phenoxy) is 1. The first-order chi connectivity index (χ1) is 15.2. The van der Waals surface area contributed by atoms with Gasteiger partial charge in [-0.1, -0.05) is 82.6 Å². The van der Waals surface area contributed by atoms with Crippen molar-refractivity contribution in [3.63, 3.8) is 0 Å². The molecule has 0 aliphatic carbocycles. The van der Waals surface area contributed by atoms with Gasteiger partial charge in [-0.25, -0.2) is 0 Å². The SMILES string of the molecule is CC[C@H](C(=O)NCC(C)C)N(Cc1ccccc1Cl)C(=O)COc1ccccc1C(C)C. The molecule has 1 N–H and O–H groups in total. The van der Waals surface area contributed by atoms with Crippen LogP contribution in [0.4, 0.5) is 0 Å². The first kappa shape index (κ1) is 25.7. The Morgan fingerprint density at radius 3 is 2.31 bits per heavy atom. The van der Waals surface area contributed by atoms with Crippen LogP contribution in [0.15, 0.2) is 48.5 Å². The third-order valence-electron chi connectivity index (χ3n) is 5.26. The van der Waals surface area contributed by atoms with Gasteiger partial charge in [0.1, 0.15) is 11.8 Å². The number of hydrogen-bond donors (Lipinski definition) is 1. The van der Waals surface area contributed by atoms with Gasteiger partial charge in [-0.3, -0.25) is 9.59 Å². The predicted octanol–water partition coefficient (Wildman–Crippen LogP) is 5.42. The second-order valence-corrected chi connectivity index (χ2v) is 9.06. The van der Waals surface area contributed by atoms with Crippen LogP contribution in [0, 0.1) is 5.92 Å². The summed E-state index contributed by atoms with van der Waals surface area (Å²) in [7, 11) is 0. The maximum Gasteiger partial charge on any atom is 0.261 e. The third kappa shape index (κ3) is 7.27. The van der Waals surface area contributed by atoms with Crippen LogP contribution in [0.25, 0.3) is 0 Å². The Morgan fingerprint density at radius 2 is 1.69 bits per heavy atom. The standard InChI is InChI=1S/C26H35ClN2O3/c1-6-23(26(31)28-15-18(2)3)29(16-20-11-7-9-13-22(20)27)25(30)17-32-24-14-10-8-12-21(24)19(4)5/h7-14,18-19,23H,6,15-17H2,1-5H3,(H,28,31)/t23-/m1/s1. The summed E-state index contributed by atoms with van der Waals surface area (Å²) >= 11 is 6.36. The lowest BCUT2D eigenvalue weighted by Crippen LogP contribution is -2.50. The fourth-order valence-electron chi connectivity index (χ4n) is 3.46. The summed E-state index contributed by atoms with van der Waals surface area (Å²) in [5.41, 5.74) is 1.83. The van der Waals surface area contributed by atoms with Crippen LogP contribution in [-0.2, 0) is 16.1 Å². The molecule has 0 unspecified atom stereocenters. The molecule has 0 aliphatic heterocycles. The molecule has 2 rings (SSSR count). The van der Waals surface area contributed by atoms with E-state index in [9.17, 15) is 9.59 Å². The third-order valence-corrected chi connectivity index (χ3v) is 5.63. The van der Waals surface area contributed by atoms with Crippen LogP contribution in [0.5, 0.6) is 5.75 Å². The summed E-state index contributed by atoms with van der Waals surface area (Å²) in [6, 6.07) is 14.5. The van der Waals surface area contributed by atoms with Gasteiger partial charge in [0.25, 0.3) is 5.91 Å². The van der Waals surface area contributed by atoms with Crippen molar-refractivity contribution in [2.24, 2.45) is 5.92 Å². The summed E-state index contributed by atoms with van der Waals surface area (Å²) in [5, 5.41) is 3.52. The van der Waals surface area contributed by atoms with Gasteiger partial charge in [0.05, 0.1) is 0 Å². The molecular formula is C26H35ClN2O3. The van der Waals surface area contributed by atoms with Crippen molar-refractivity contribution in [2.45, 2.75) is 59.5 Å². The zero-order valence-corrected chi connectivity index (χ0v) is 20.5. The average Bonchev–Trinajstić information content (AvgIpc) is 2.77. The van der Waals surface area contributed by atoms with Crippen LogP contribution in [0.1, 0.15) is 58.1 Å². The highest BCUT2D eigenvalue weighted by molar-refractivity contribution is 6.31. The molecular weight excluding hydrogens is 424 g/mol. The lowest BCUT2D eigenvalue weighted by molar-refractivity contribution is -0.143. The summed E-state index contributed by atoms with van der Waals surface area (Å²) in [6.45, 7) is 10.8. The van der Waals surface area contributed by atoms with Crippen molar-refractivity contribution in [3.05, 3.63) is 64.7 Å². The van der Waals surface area contributed by atoms with Gasteiger partial charge in [-0.05, 0) is 41.5 Å². The van der Waals surface area contributed by atoms with Crippen LogP contribution in [0.2, 0.25) is 5.02 Å². The largest absolute Gasteiger partial charge is 0.483 e. The number of rotatable bonds is 11. The van der Waals surface area contributed by atoms with Gasteiger partial charge < -0.3 is 15.0 Å². The number of nitrogens with zero attached hydrogens (tertiary/aromatic N) is 1. The minimum Gasteiger partial charge on any atom is -0.483 e. The van der Waals surface area contributed by atoms with E-state index >= 15 is 0 Å². The van der Waals surface area contributed by atoms with E-state index in [-0.39, 0.29) is 30.9 Å². The zero-order valence-electron chi connectivity index (χ0n) is 19.7. The molecule has 0 bridgehead atoms. The van der Waals surface area contributed by atoms with Gasteiger partial charge in [0.2, 0.25) is 5.91 Å². The summed E-state index contributed by atoms with van der Waals surface area (Å²) in [6.07, 6.45) is 0.489. The fraction of sp³-hybridized carbons (Fsp3) is 0.462. The molecule has 5 nitrogen and oxygen atoms in total. The molecule has 0 heterocycles. The first-order valence-electron chi connectivity index (χ1n) is 11.3. The van der Waals surface area contributed by atoms with Crippen molar-refractivity contribution in [1.82, 2.24) is 10.2 Å². The number of amides is 2. The molecule has 0 fully saturated rings. The number of carbonyl (C=O) groups is 2. The van der Waals surface area contributed by atoms with Crippen LogP contribution < -0.4 is 10.1 Å². The topological polar surface area (TPSA) is 58.6 Å². The molecule has 174 valence electrons. The molecule has 32 heavy (non-hydrogen) atoms.